The lowest BCUT2D eigenvalue weighted by Crippen LogP contribution is -2.53. The quantitative estimate of drug-likeness (QED) is 0.728. The summed E-state index contributed by atoms with van der Waals surface area (Å²) in [5.74, 6) is -2.71. The third-order valence-corrected chi connectivity index (χ3v) is 5.79. The van der Waals surface area contributed by atoms with Crippen LogP contribution in [0.15, 0.2) is 42.5 Å². The summed E-state index contributed by atoms with van der Waals surface area (Å²) in [7, 11) is 0. The largest absolute Gasteiger partial charge is 0.366 e. The van der Waals surface area contributed by atoms with Crippen molar-refractivity contribution in [1.82, 2.24) is 10.2 Å². The van der Waals surface area contributed by atoms with Gasteiger partial charge in [0.2, 0.25) is 11.8 Å². The number of hydrogen-bond donors (Lipinski definition) is 2. The molecule has 2 aromatic rings. The van der Waals surface area contributed by atoms with Gasteiger partial charge in [0.05, 0.1) is 12.5 Å². The second-order valence-electron chi connectivity index (χ2n) is 8.26. The van der Waals surface area contributed by atoms with Crippen molar-refractivity contribution in [2.75, 3.05) is 13.1 Å². The van der Waals surface area contributed by atoms with E-state index in [1.165, 1.54) is 6.07 Å². The molecule has 3 N–H and O–H groups in total. The lowest BCUT2D eigenvalue weighted by molar-refractivity contribution is -0.122. The first-order chi connectivity index (χ1) is 14.2. The number of halogens is 2. The van der Waals surface area contributed by atoms with Crippen LogP contribution in [-0.4, -0.2) is 35.3 Å². The van der Waals surface area contributed by atoms with Crippen molar-refractivity contribution in [3.63, 3.8) is 0 Å². The zero-order valence-corrected chi connectivity index (χ0v) is 17.3. The highest BCUT2D eigenvalue weighted by atomic mass is 19.2. The molecule has 30 heavy (non-hydrogen) atoms. The van der Waals surface area contributed by atoms with Gasteiger partial charge in [-0.3, -0.25) is 14.5 Å². The van der Waals surface area contributed by atoms with E-state index < -0.39 is 29.1 Å². The Morgan fingerprint density at radius 2 is 1.80 bits per heavy atom. The maximum atomic E-state index is 14.0. The van der Waals surface area contributed by atoms with Crippen molar-refractivity contribution < 1.29 is 18.4 Å². The molecule has 1 atom stereocenters. The number of carbonyl (C=O) groups is 2. The maximum absolute atomic E-state index is 14.0. The van der Waals surface area contributed by atoms with Gasteiger partial charge in [0.15, 0.2) is 11.6 Å². The predicted molar refractivity (Wildman–Crippen MR) is 111 cm³/mol. The van der Waals surface area contributed by atoms with Crippen molar-refractivity contribution in [3.8, 4) is 0 Å². The molecular formula is C23H27F2N3O2. The van der Waals surface area contributed by atoms with Crippen molar-refractivity contribution in [1.29, 1.82) is 0 Å². The predicted octanol–water partition coefficient (Wildman–Crippen LogP) is 3.34. The number of hydrogen-bond acceptors (Lipinski definition) is 3. The Bertz CT molecular complexity index is 940. The van der Waals surface area contributed by atoms with Crippen molar-refractivity contribution in [2.24, 2.45) is 5.73 Å². The number of nitrogens with one attached hydrogen (secondary N) is 1. The monoisotopic (exact) mass is 415 g/mol. The Hall–Kier alpha value is -2.80. The normalized spacial score (nSPS) is 15.7. The molecule has 1 saturated heterocycles. The molecule has 0 bridgehead atoms. The summed E-state index contributed by atoms with van der Waals surface area (Å²) in [5.41, 5.74) is 6.28. The van der Waals surface area contributed by atoms with Crippen LogP contribution in [0.1, 0.15) is 54.2 Å². The summed E-state index contributed by atoms with van der Waals surface area (Å²) in [6.45, 7) is 5.75. The highest BCUT2D eigenvalue weighted by molar-refractivity contribution is 5.93. The van der Waals surface area contributed by atoms with E-state index >= 15 is 0 Å². The van der Waals surface area contributed by atoms with Gasteiger partial charge in [-0.15, -0.1) is 0 Å². The first kappa shape index (κ1) is 21.9. The standard InChI is InChI=1S/C23H27F2N3O2/c1-23(2,28-10-3-4-11-28)21(16-8-9-18(24)19(25)14-16)27-20(29)13-15-6-5-7-17(12-15)22(26)30/h5-9,12,14,21H,3-4,10-11,13H2,1-2H3,(H2,26,30)(H,27,29). The van der Waals surface area contributed by atoms with Crippen LogP contribution in [0.5, 0.6) is 0 Å². The topological polar surface area (TPSA) is 75.4 Å². The average molecular weight is 415 g/mol. The van der Waals surface area contributed by atoms with Gasteiger partial charge >= 0.3 is 0 Å². The van der Waals surface area contributed by atoms with Crippen molar-refractivity contribution in [3.05, 3.63) is 70.8 Å². The molecule has 160 valence electrons. The molecule has 0 saturated carbocycles. The van der Waals surface area contributed by atoms with Crippen LogP contribution < -0.4 is 11.1 Å². The molecule has 3 rings (SSSR count). The Kier molecular flexibility index (Phi) is 6.51. The summed E-state index contributed by atoms with van der Waals surface area (Å²) >= 11 is 0. The zero-order chi connectivity index (χ0) is 21.9. The van der Waals surface area contributed by atoms with E-state index in [0.29, 0.717) is 16.7 Å². The molecule has 5 nitrogen and oxygen atoms in total. The smallest absolute Gasteiger partial charge is 0.248 e. The lowest BCUT2D eigenvalue weighted by Gasteiger charge is -2.42. The number of rotatable bonds is 7. The first-order valence-electron chi connectivity index (χ1n) is 10.1. The number of carbonyl (C=O) groups excluding carboxylic acids is 2. The number of amides is 2. The molecule has 2 aromatic carbocycles. The fourth-order valence-corrected chi connectivity index (χ4v) is 4.07. The molecule has 0 spiro atoms. The van der Waals surface area contributed by atoms with Gasteiger partial charge in [-0.1, -0.05) is 18.2 Å². The molecule has 7 heteroatoms. The summed E-state index contributed by atoms with van der Waals surface area (Å²) in [4.78, 5) is 26.5. The molecule has 1 heterocycles. The lowest BCUT2D eigenvalue weighted by atomic mass is 9.86. The molecule has 1 aliphatic rings. The SMILES string of the molecule is CC(C)(C(NC(=O)Cc1cccc(C(N)=O)c1)c1ccc(F)c(F)c1)N1CCCC1. The molecule has 0 aliphatic carbocycles. The van der Waals surface area contributed by atoms with Gasteiger partial charge in [-0.25, -0.2) is 8.78 Å². The van der Waals surface area contributed by atoms with Gasteiger partial charge in [-0.2, -0.15) is 0 Å². The van der Waals surface area contributed by atoms with E-state index in [9.17, 15) is 18.4 Å². The molecular weight excluding hydrogens is 388 g/mol. The summed E-state index contributed by atoms with van der Waals surface area (Å²) in [6.07, 6.45) is 2.15. The van der Waals surface area contributed by atoms with E-state index in [4.69, 9.17) is 5.73 Å². The Balaban J connectivity index is 1.86. The molecule has 0 aromatic heterocycles. The van der Waals surface area contributed by atoms with E-state index in [0.717, 1.165) is 38.1 Å². The zero-order valence-electron chi connectivity index (χ0n) is 17.3. The number of benzene rings is 2. The van der Waals surface area contributed by atoms with Crippen molar-refractivity contribution >= 4 is 11.8 Å². The minimum Gasteiger partial charge on any atom is -0.366 e. The Morgan fingerprint density at radius 3 is 2.43 bits per heavy atom. The molecule has 1 aliphatic heterocycles. The minimum absolute atomic E-state index is 0.0391. The van der Waals surface area contributed by atoms with Crippen LogP contribution in [0.2, 0.25) is 0 Å². The van der Waals surface area contributed by atoms with Crippen LogP contribution in [0.3, 0.4) is 0 Å². The Labute approximate surface area is 175 Å². The van der Waals surface area contributed by atoms with Crippen molar-refractivity contribution in [2.45, 2.75) is 44.7 Å². The highest BCUT2D eigenvalue weighted by Crippen LogP contribution is 2.34. The summed E-state index contributed by atoms with van der Waals surface area (Å²) in [5, 5.41) is 3.01. The minimum atomic E-state index is -0.946. The maximum Gasteiger partial charge on any atom is 0.248 e. The summed E-state index contributed by atoms with van der Waals surface area (Å²) < 4.78 is 27.5. The van der Waals surface area contributed by atoms with Crippen LogP contribution >= 0.6 is 0 Å². The average Bonchev–Trinajstić information content (AvgIpc) is 3.24. The van der Waals surface area contributed by atoms with Crippen LogP contribution in [0.25, 0.3) is 0 Å². The third kappa shape index (κ3) is 4.84. The summed E-state index contributed by atoms with van der Waals surface area (Å²) in [6, 6.07) is 9.77. The third-order valence-electron chi connectivity index (χ3n) is 5.79. The highest BCUT2D eigenvalue weighted by Gasteiger charge is 2.38. The second-order valence-corrected chi connectivity index (χ2v) is 8.26. The van der Waals surface area contributed by atoms with Gasteiger partial charge in [-0.05, 0) is 75.2 Å². The van der Waals surface area contributed by atoms with E-state index in [2.05, 4.69) is 10.2 Å². The molecule has 0 radical (unpaired) electrons. The van der Waals surface area contributed by atoms with Gasteiger partial charge < -0.3 is 11.1 Å². The van der Waals surface area contributed by atoms with Crippen LogP contribution in [-0.2, 0) is 11.2 Å². The fraction of sp³-hybridized carbons (Fsp3) is 0.391. The molecule has 1 unspecified atom stereocenters. The van der Waals surface area contributed by atoms with Gasteiger partial charge in [0.1, 0.15) is 0 Å². The van der Waals surface area contributed by atoms with E-state index in [-0.39, 0.29) is 12.3 Å². The second kappa shape index (κ2) is 8.92. The number of nitrogens with two attached hydrogens (primary N) is 1. The van der Waals surface area contributed by atoms with Crippen LogP contribution in [0.4, 0.5) is 8.78 Å². The fourth-order valence-electron chi connectivity index (χ4n) is 4.07. The van der Waals surface area contributed by atoms with Crippen LogP contribution in [0, 0.1) is 11.6 Å². The number of nitrogens with zero attached hydrogens (tertiary/aromatic N) is 1. The molecule has 1 fully saturated rings. The van der Waals surface area contributed by atoms with Gasteiger partial charge in [0, 0.05) is 11.1 Å². The van der Waals surface area contributed by atoms with E-state index in [1.807, 2.05) is 13.8 Å². The van der Waals surface area contributed by atoms with E-state index in [1.54, 1.807) is 24.3 Å². The Morgan fingerprint density at radius 1 is 1.10 bits per heavy atom. The molecule has 2 amide bonds. The number of primary amides is 1. The van der Waals surface area contributed by atoms with Gasteiger partial charge in [0.25, 0.3) is 0 Å². The number of likely N-dealkylation sites (tertiary alicyclic amines) is 1. The first-order valence-corrected chi connectivity index (χ1v) is 10.1.